The van der Waals surface area contributed by atoms with Crippen LogP contribution in [0.2, 0.25) is 0 Å². The van der Waals surface area contributed by atoms with Crippen molar-refractivity contribution in [2.24, 2.45) is 5.41 Å². The molecule has 0 aliphatic heterocycles. The highest BCUT2D eigenvalue weighted by Gasteiger charge is 2.24. The average Bonchev–Trinajstić information content (AvgIpc) is 3.26. The van der Waals surface area contributed by atoms with Gasteiger partial charge in [0.25, 0.3) is 0 Å². The van der Waals surface area contributed by atoms with E-state index in [1.807, 2.05) is 76.2 Å². The van der Waals surface area contributed by atoms with Crippen molar-refractivity contribution in [2.75, 3.05) is 54.2 Å². The largest absolute Gasteiger partial charge is 0.312 e. The number of rotatable bonds is 24. The monoisotopic (exact) mass is 843 g/mol. The Balaban J connectivity index is 0.902. The lowest BCUT2D eigenvalue weighted by atomic mass is 9.99. The SMILES string of the molecule is Cc1ccc(-c2ccc(CNCCSCC(C)(CSCCNCc3ccc(-c4ccc(C)cn4)nc3)CSCCNCc3ccc(-c4ccc(C)cn4)nc3)cn2)nc1. The number of nitrogens with one attached hydrogen (secondary N) is 3. The number of aryl methyl sites for hydroxylation is 3. The Hall–Kier alpha value is -4.17. The third-order valence-corrected chi connectivity index (χ3v) is 13.8. The van der Waals surface area contributed by atoms with Gasteiger partial charge < -0.3 is 16.0 Å². The molecule has 0 unspecified atom stereocenters. The summed E-state index contributed by atoms with van der Waals surface area (Å²) in [5, 5.41) is 10.9. The quantitative estimate of drug-likeness (QED) is 0.0506. The Bertz CT molecular complexity index is 1850. The van der Waals surface area contributed by atoms with E-state index in [1.165, 1.54) is 16.7 Å². The number of thioether (sulfide) groups is 3. The highest BCUT2D eigenvalue weighted by atomic mass is 32.2. The van der Waals surface area contributed by atoms with Gasteiger partial charge in [-0.15, -0.1) is 0 Å². The van der Waals surface area contributed by atoms with Gasteiger partial charge in [0, 0.05) is 111 Å². The summed E-state index contributed by atoms with van der Waals surface area (Å²) in [5.74, 6) is 6.64. The molecule has 0 spiro atoms. The van der Waals surface area contributed by atoms with Crippen LogP contribution in [0.3, 0.4) is 0 Å². The van der Waals surface area contributed by atoms with Gasteiger partial charge in [0.1, 0.15) is 0 Å². The summed E-state index contributed by atoms with van der Waals surface area (Å²) in [6.07, 6.45) is 11.5. The summed E-state index contributed by atoms with van der Waals surface area (Å²) in [5.41, 5.74) is 12.7. The predicted octanol–water partition coefficient (Wildman–Crippen LogP) is 8.86. The van der Waals surface area contributed by atoms with Crippen molar-refractivity contribution in [1.29, 1.82) is 0 Å². The fourth-order valence-electron chi connectivity index (χ4n) is 6.11. The molecule has 6 rings (SSSR count). The average molecular weight is 844 g/mol. The molecule has 0 amide bonds. The van der Waals surface area contributed by atoms with E-state index >= 15 is 0 Å². The summed E-state index contributed by atoms with van der Waals surface area (Å²) in [4.78, 5) is 27.5. The molecule has 0 fully saturated rings. The maximum atomic E-state index is 4.65. The molecule has 308 valence electrons. The predicted molar refractivity (Wildman–Crippen MR) is 252 cm³/mol. The molecule has 6 heterocycles. The molecule has 0 saturated heterocycles. The lowest BCUT2D eigenvalue weighted by molar-refractivity contribution is 0.503. The number of hydrogen-bond acceptors (Lipinski definition) is 12. The number of nitrogens with zero attached hydrogens (tertiary/aromatic N) is 6. The Labute approximate surface area is 363 Å². The number of hydrogen-bond donors (Lipinski definition) is 3. The Kier molecular flexibility index (Phi) is 17.7. The minimum atomic E-state index is 0.233. The van der Waals surface area contributed by atoms with Crippen LogP contribution in [-0.4, -0.2) is 84.1 Å². The van der Waals surface area contributed by atoms with Gasteiger partial charge in [0.2, 0.25) is 0 Å². The van der Waals surface area contributed by atoms with Crippen molar-refractivity contribution in [3.05, 3.63) is 143 Å². The molecule has 0 saturated carbocycles. The summed E-state index contributed by atoms with van der Waals surface area (Å²) in [7, 11) is 0. The van der Waals surface area contributed by atoms with E-state index in [0.29, 0.717) is 0 Å². The molecule has 0 atom stereocenters. The van der Waals surface area contributed by atoms with Crippen molar-refractivity contribution < 1.29 is 0 Å². The van der Waals surface area contributed by atoms with E-state index in [9.17, 15) is 0 Å². The minimum absolute atomic E-state index is 0.233. The van der Waals surface area contributed by atoms with Gasteiger partial charge in [-0.3, -0.25) is 29.9 Å². The molecule has 12 heteroatoms. The first-order valence-electron chi connectivity index (χ1n) is 20.3. The van der Waals surface area contributed by atoms with Crippen molar-refractivity contribution in [3.8, 4) is 34.2 Å². The highest BCUT2D eigenvalue weighted by Crippen LogP contribution is 2.31. The first kappa shape index (κ1) is 44.4. The van der Waals surface area contributed by atoms with Crippen LogP contribution < -0.4 is 16.0 Å². The van der Waals surface area contributed by atoms with Crippen molar-refractivity contribution in [2.45, 2.75) is 47.3 Å². The maximum Gasteiger partial charge on any atom is 0.0886 e. The normalized spacial score (nSPS) is 11.6. The first-order valence-corrected chi connectivity index (χ1v) is 23.8. The van der Waals surface area contributed by atoms with Crippen molar-refractivity contribution in [3.63, 3.8) is 0 Å². The van der Waals surface area contributed by atoms with Gasteiger partial charge in [-0.2, -0.15) is 35.3 Å². The summed E-state index contributed by atoms with van der Waals surface area (Å²) in [6, 6.07) is 24.9. The van der Waals surface area contributed by atoms with Crippen LogP contribution in [-0.2, 0) is 19.6 Å². The zero-order valence-corrected chi connectivity index (χ0v) is 37.2. The number of aromatic nitrogens is 6. The minimum Gasteiger partial charge on any atom is -0.312 e. The molecule has 0 aliphatic rings. The van der Waals surface area contributed by atoms with E-state index in [1.54, 1.807) is 0 Å². The van der Waals surface area contributed by atoms with Crippen LogP contribution in [0, 0.1) is 26.2 Å². The highest BCUT2D eigenvalue weighted by molar-refractivity contribution is 8.01. The molecule has 59 heavy (non-hydrogen) atoms. The standard InChI is InChI=1S/C47H57N9S3/c1-35-5-11-41(51-23-35)44-14-8-38(29-54-44)26-48-17-20-57-32-47(4,33-58-21-18-49-27-39-9-15-45(55-30-39)42-12-6-36(2)24-52-42)34-59-22-19-50-28-40-10-16-46(56-31-40)43-13-7-37(3)25-53-43/h5-16,23-25,29-31,48-50H,17-22,26-28,32-34H2,1-4H3. The van der Waals surface area contributed by atoms with Crippen LogP contribution in [0.5, 0.6) is 0 Å². The fraction of sp³-hybridized carbons (Fsp3) is 0.362. The molecule has 0 radical (unpaired) electrons. The molecular formula is C47H57N9S3. The maximum absolute atomic E-state index is 4.65. The van der Waals surface area contributed by atoms with Gasteiger partial charge >= 0.3 is 0 Å². The van der Waals surface area contributed by atoms with Crippen LogP contribution in [0.15, 0.2) is 110 Å². The summed E-state index contributed by atoms with van der Waals surface area (Å²) >= 11 is 6.18. The van der Waals surface area contributed by atoms with Crippen LogP contribution in [0.25, 0.3) is 34.2 Å². The van der Waals surface area contributed by atoms with E-state index in [-0.39, 0.29) is 5.41 Å². The second-order valence-corrected chi connectivity index (χ2v) is 18.6. The van der Waals surface area contributed by atoms with E-state index in [2.05, 4.69) is 143 Å². The van der Waals surface area contributed by atoms with Gasteiger partial charge in [0.05, 0.1) is 34.2 Å². The second kappa shape index (κ2) is 23.6. The fourth-order valence-corrected chi connectivity index (χ4v) is 9.89. The topological polar surface area (TPSA) is 113 Å². The zero-order chi connectivity index (χ0) is 41.1. The van der Waals surface area contributed by atoms with Gasteiger partial charge in [0.15, 0.2) is 0 Å². The lowest BCUT2D eigenvalue weighted by Gasteiger charge is -2.29. The van der Waals surface area contributed by atoms with E-state index in [4.69, 9.17) is 0 Å². The molecule has 0 bridgehead atoms. The molecule has 0 aromatic carbocycles. The third-order valence-electron chi connectivity index (χ3n) is 9.60. The molecular weight excluding hydrogens is 787 g/mol. The van der Waals surface area contributed by atoms with Gasteiger partial charge in [-0.25, -0.2) is 0 Å². The molecule has 6 aromatic rings. The van der Waals surface area contributed by atoms with E-state index in [0.717, 1.165) is 125 Å². The molecule has 6 aromatic heterocycles. The van der Waals surface area contributed by atoms with Crippen molar-refractivity contribution >= 4 is 35.3 Å². The molecule has 9 nitrogen and oxygen atoms in total. The zero-order valence-electron chi connectivity index (χ0n) is 34.8. The van der Waals surface area contributed by atoms with E-state index < -0.39 is 0 Å². The van der Waals surface area contributed by atoms with Crippen LogP contribution in [0.1, 0.15) is 40.3 Å². The van der Waals surface area contributed by atoms with Crippen LogP contribution in [0.4, 0.5) is 0 Å². The summed E-state index contributed by atoms with van der Waals surface area (Å²) in [6.45, 7) is 13.9. The Morgan fingerprint density at radius 3 is 0.898 bits per heavy atom. The molecule has 0 aliphatic carbocycles. The molecule has 3 N–H and O–H groups in total. The Morgan fingerprint density at radius 2 is 0.661 bits per heavy atom. The summed E-state index contributed by atoms with van der Waals surface area (Å²) < 4.78 is 0. The first-order chi connectivity index (χ1) is 28.8. The van der Waals surface area contributed by atoms with Gasteiger partial charge in [-0.1, -0.05) is 43.3 Å². The van der Waals surface area contributed by atoms with Crippen molar-refractivity contribution in [1.82, 2.24) is 45.9 Å². The van der Waals surface area contributed by atoms with Gasteiger partial charge in [-0.05, 0) is 96.0 Å². The lowest BCUT2D eigenvalue weighted by Crippen LogP contribution is -2.29. The van der Waals surface area contributed by atoms with Crippen LogP contribution >= 0.6 is 35.3 Å². The third kappa shape index (κ3) is 15.1. The Morgan fingerprint density at radius 1 is 0.390 bits per heavy atom. The second-order valence-electron chi connectivity index (χ2n) is 15.3. The smallest absolute Gasteiger partial charge is 0.0886 e. The number of pyridine rings is 6.